The lowest BCUT2D eigenvalue weighted by Gasteiger charge is -2.15. The van der Waals surface area contributed by atoms with Gasteiger partial charge in [-0.1, -0.05) is 0 Å². The van der Waals surface area contributed by atoms with Crippen LogP contribution in [0, 0.1) is 29.1 Å². The van der Waals surface area contributed by atoms with Crippen molar-refractivity contribution in [2.45, 2.75) is 25.9 Å². The van der Waals surface area contributed by atoms with E-state index in [2.05, 4.69) is 10.3 Å². The van der Waals surface area contributed by atoms with Gasteiger partial charge in [-0.3, -0.25) is 0 Å². The Morgan fingerprint density at radius 1 is 1.05 bits per heavy atom. The van der Waals surface area contributed by atoms with Crippen LogP contribution in [0.25, 0.3) is 0 Å². The standard InChI is InChI=1S/C13H11F5N2S/c1-6(20-5-8-19-2-3-21-8)4-7-9(14)11(16)13(18)12(17)10(7)15/h2-3,6,20H,4-5H2,1H3. The van der Waals surface area contributed by atoms with Crippen molar-refractivity contribution >= 4 is 11.3 Å². The lowest BCUT2D eigenvalue weighted by atomic mass is 10.0. The molecule has 1 atom stereocenters. The molecular weight excluding hydrogens is 311 g/mol. The molecule has 2 aromatic rings. The zero-order chi connectivity index (χ0) is 15.6. The Bertz CT molecular complexity index is 601. The van der Waals surface area contributed by atoms with Gasteiger partial charge in [0.1, 0.15) is 5.01 Å². The van der Waals surface area contributed by atoms with Gasteiger partial charge in [0.2, 0.25) is 5.82 Å². The number of nitrogens with one attached hydrogen (secondary N) is 1. The minimum Gasteiger partial charge on any atom is -0.308 e. The van der Waals surface area contributed by atoms with E-state index < -0.39 is 40.7 Å². The van der Waals surface area contributed by atoms with Crippen LogP contribution in [0.15, 0.2) is 11.6 Å². The number of hydrogen-bond donors (Lipinski definition) is 1. The van der Waals surface area contributed by atoms with Crippen LogP contribution in [-0.2, 0) is 13.0 Å². The van der Waals surface area contributed by atoms with E-state index in [1.165, 1.54) is 11.3 Å². The molecule has 0 bridgehead atoms. The average Bonchev–Trinajstić information content (AvgIpc) is 2.99. The molecule has 1 heterocycles. The lowest BCUT2D eigenvalue weighted by molar-refractivity contribution is 0.365. The lowest BCUT2D eigenvalue weighted by Crippen LogP contribution is -2.28. The van der Waals surface area contributed by atoms with E-state index in [1.807, 2.05) is 0 Å². The predicted molar refractivity (Wildman–Crippen MR) is 68.4 cm³/mol. The van der Waals surface area contributed by atoms with E-state index in [0.29, 0.717) is 6.54 Å². The number of aromatic nitrogens is 1. The first-order valence-corrected chi connectivity index (χ1v) is 6.91. The van der Waals surface area contributed by atoms with Gasteiger partial charge < -0.3 is 5.32 Å². The third-order valence-corrected chi connectivity index (χ3v) is 3.68. The number of benzene rings is 1. The van der Waals surface area contributed by atoms with Crippen molar-refractivity contribution in [3.8, 4) is 0 Å². The molecule has 0 aliphatic carbocycles. The summed E-state index contributed by atoms with van der Waals surface area (Å²) in [6, 6.07) is -0.484. The molecule has 1 aromatic heterocycles. The monoisotopic (exact) mass is 322 g/mol. The van der Waals surface area contributed by atoms with Crippen LogP contribution in [-0.4, -0.2) is 11.0 Å². The Hall–Kier alpha value is -1.54. The average molecular weight is 322 g/mol. The van der Waals surface area contributed by atoms with Crippen LogP contribution in [0.4, 0.5) is 22.0 Å². The Kier molecular flexibility index (Phi) is 4.89. The van der Waals surface area contributed by atoms with Gasteiger partial charge in [0, 0.05) is 29.7 Å². The van der Waals surface area contributed by atoms with Crippen molar-refractivity contribution in [3.63, 3.8) is 0 Å². The van der Waals surface area contributed by atoms with Crippen LogP contribution in [0.5, 0.6) is 0 Å². The summed E-state index contributed by atoms with van der Waals surface area (Å²) in [5.74, 6) is -9.55. The Balaban J connectivity index is 2.12. The zero-order valence-corrected chi connectivity index (χ0v) is 11.7. The molecule has 0 saturated heterocycles. The molecule has 0 radical (unpaired) electrons. The summed E-state index contributed by atoms with van der Waals surface area (Å²) >= 11 is 1.39. The Labute approximate surface area is 121 Å². The molecule has 2 rings (SSSR count). The third-order valence-electron chi connectivity index (χ3n) is 2.90. The summed E-state index contributed by atoms with van der Waals surface area (Å²) in [6.07, 6.45) is 1.29. The fourth-order valence-corrected chi connectivity index (χ4v) is 2.38. The number of hydrogen-bond acceptors (Lipinski definition) is 3. The van der Waals surface area contributed by atoms with Gasteiger partial charge >= 0.3 is 0 Å². The summed E-state index contributed by atoms with van der Waals surface area (Å²) in [5.41, 5.74) is -0.814. The minimum absolute atomic E-state index is 0.322. The van der Waals surface area contributed by atoms with Gasteiger partial charge in [0.15, 0.2) is 23.3 Å². The maximum atomic E-state index is 13.5. The highest BCUT2D eigenvalue weighted by molar-refractivity contribution is 7.09. The summed E-state index contributed by atoms with van der Waals surface area (Å²) in [4.78, 5) is 4.01. The number of nitrogens with zero attached hydrogens (tertiary/aromatic N) is 1. The van der Waals surface area contributed by atoms with Crippen LogP contribution in [0.3, 0.4) is 0 Å². The van der Waals surface area contributed by atoms with Gasteiger partial charge in [-0.2, -0.15) is 0 Å². The molecule has 2 nitrogen and oxygen atoms in total. The smallest absolute Gasteiger partial charge is 0.200 e. The predicted octanol–water partition coefficient (Wildman–Crippen LogP) is 3.56. The molecule has 1 N–H and O–H groups in total. The highest BCUT2D eigenvalue weighted by Crippen LogP contribution is 2.24. The summed E-state index contributed by atoms with van der Waals surface area (Å²) in [6.45, 7) is 1.94. The zero-order valence-electron chi connectivity index (χ0n) is 10.9. The van der Waals surface area contributed by atoms with E-state index in [9.17, 15) is 22.0 Å². The summed E-state index contributed by atoms with van der Waals surface area (Å²) < 4.78 is 66.1. The molecule has 0 saturated carbocycles. The first-order chi connectivity index (χ1) is 9.91. The van der Waals surface area contributed by atoms with Crippen LogP contribution in [0.2, 0.25) is 0 Å². The number of rotatable bonds is 5. The van der Waals surface area contributed by atoms with Crippen molar-refractivity contribution in [2.24, 2.45) is 0 Å². The Morgan fingerprint density at radius 3 is 2.14 bits per heavy atom. The third kappa shape index (κ3) is 3.38. The molecule has 0 aliphatic heterocycles. The van der Waals surface area contributed by atoms with E-state index in [1.54, 1.807) is 18.5 Å². The van der Waals surface area contributed by atoms with Gasteiger partial charge in [-0.15, -0.1) is 11.3 Å². The highest BCUT2D eigenvalue weighted by Gasteiger charge is 2.26. The minimum atomic E-state index is -2.14. The van der Waals surface area contributed by atoms with Crippen LogP contribution < -0.4 is 5.32 Å². The van der Waals surface area contributed by atoms with Crippen molar-refractivity contribution < 1.29 is 22.0 Å². The normalized spacial score (nSPS) is 12.7. The first-order valence-electron chi connectivity index (χ1n) is 6.03. The molecule has 1 aromatic carbocycles. The van der Waals surface area contributed by atoms with Crippen LogP contribution in [0.1, 0.15) is 17.5 Å². The maximum absolute atomic E-state index is 13.5. The van der Waals surface area contributed by atoms with Crippen molar-refractivity contribution in [2.75, 3.05) is 0 Å². The number of halogens is 5. The molecule has 1 unspecified atom stereocenters. The van der Waals surface area contributed by atoms with E-state index in [4.69, 9.17) is 0 Å². The fourth-order valence-electron chi connectivity index (χ4n) is 1.81. The van der Waals surface area contributed by atoms with Gasteiger partial charge in [0.25, 0.3) is 0 Å². The second kappa shape index (κ2) is 6.48. The highest BCUT2D eigenvalue weighted by atomic mass is 32.1. The SMILES string of the molecule is CC(Cc1c(F)c(F)c(F)c(F)c1F)NCc1nccs1. The van der Waals surface area contributed by atoms with Gasteiger partial charge in [0.05, 0.1) is 0 Å². The molecule has 0 amide bonds. The summed E-state index contributed by atoms with van der Waals surface area (Å²) in [5, 5.41) is 5.45. The molecular formula is C13H11F5N2S. The molecule has 114 valence electrons. The topological polar surface area (TPSA) is 24.9 Å². The first kappa shape index (κ1) is 15.8. The van der Waals surface area contributed by atoms with E-state index in [0.717, 1.165) is 5.01 Å². The Morgan fingerprint density at radius 2 is 1.62 bits per heavy atom. The molecule has 21 heavy (non-hydrogen) atoms. The molecule has 8 heteroatoms. The fraction of sp³-hybridized carbons (Fsp3) is 0.308. The van der Waals surface area contributed by atoms with Crippen LogP contribution >= 0.6 is 11.3 Å². The van der Waals surface area contributed by atoms with Gasteiger partial charge in [-0.05, 0) is 13.3 Å². The van der Waals surface area contributed by atoms with Crippen molar-refractivity contribution in [3.05, 3.63) is 51.2 Å². The quantitative estimate of drug-likeness (QED) is 0.517. The molecule has 0 aliphatic rings. The second-order valence-electron chi connectivity index (χ2n) is 4.46. The second-order valence-corrected chi connectivity index (χ2v) is 5.44. The van der Waals surface area contributed by atoms with E-state index in [-0.39, 0.29) is 6.42 Å². The van der Waals surface area contributed by atoms with Gasteiger partial charge in [-0.25, -0.2) is 26.9 Å². The summed E-state index contributed by atoms with van der Waals surface area (Å²) in [7, 11) is 0. The number of thiazole rings is 1. The van der Waals surface area contributed by atoms with Crippen molar-refractivity contribution in [1.29, 1.82) is 0 Å². The maximum Gasteiger partial charge on any atom is 0.200 e. The molecule has 0 fully saturated rings. The molecule has 0 spiro atoms. The largest absolute Gasteiger partial charge is 0.308 e. The van der Waals surface area contributed by atoms with Crippen molar-refractivity contribution in [1.82, 2.24) is 10.3 Å². The van der Waals surface area contributed by atoms with E-state index >= 15 is 0 Å².